The van der Waals surface area contributed by atoms with Crippen molar-refractivity contribution in [3.8, 4) is 0 Å². The Morgan fingerprint density at radius 2 is 1.35 bits per heavy atom. The van der Waals surface area contributed by atoms with Gasteiger partial charge >= 0.3 is 0 Å². The van der Waals surface area contributed by atoms with E-state index in [4.69, 9.17) is 0 Å². The first-order chi connectivity index (χ1) is 12.4. The van der Waals surface area contributed by atoms with Crippen LogP contribution in [0.2, 0.25) is 0 Å². The van der Waals surface area contributed by atoms with Crippen molar-refractivity contribution >= 4 is 27.3 Å². The molecule has 3 rings (SSSR count). The van der Waals surface area contributed by atoms with Crippen LogP contribution >= 0.6 is 0 Å². The van der Waals surface area contributed by atoms with Crippen LogP contribution in [0.1, 0.15) is 10.4 Å². The van der Waals surface area contributed by atoms with Crippen LogP contribution in [-0.4, -0.2) is 14.3 Å². The molecule has 0 aliphatic heterocycles. The van der Waals surface area contributed by atoms with Crippen molar-refractivity contribution in [3.05, 3.63) is 90.2 Å². The minimum atomic E-state index is -3.81. The zero-order valence-electron chi connectivity index (χ0n) is 13.5. The molecule has 0 aromatic heterocycles. The summed E-state index contributed by atoms with van der Waals surface area (Å²) >= 11 is 0. The van der Waals surface area contributed by atoms with E-state index in [0.29, 0.717) is 16.9 Å². The molecular weight excluding hydrogens is 355 g/mol. The molecule has 2 N–H and O–H groups in total. The molecule has 3 aromatic carbocycles. The average molecular weight is 370 g/mol. The van der Waals surface area contributed by atoms with Gasteiger partial charge in [0.25, 0.3) is 15.9 Å². The first-order valence-corrected chi connectivity index (χ1v) is 9.17. The van der Waals surface area contributed by atoms with Gasteiger partial charge in [0.1, 0.15) is 5.82 Å². The minimum absolute atomic E-state index is 0.0413. The molecule has 132 valence electrons. The monoisotopic (exact) mass is 370 g/mol. The molecule has 0 radical (unpaired) electrons. The molecule has 1 amide bonds. The third-order valence-corrected chi connectivity index (χ3v) is 4.95. The maximum atomic E-state index is 12.9. The molecule has 0 aliphatic carbocycles. The van der Waals surface area contributed by atoms with Gasteiger partial charge < -0.3 is 5.32 Å². The van der Waals surface area contributed by atoms with Crippen LogP contribution in [0.25, 0.3) is 0 Å². The predicted octanol–water partition coefficient (Wildman–Crippen LogP) is 3.88. The van der Waals surface area contributed by atoms with Gasteiger partial charge in [0.2, 0.25) is 0 Å². The van der Waals surface area contributed by atoms with E-state index in [9.17, 15) is 17.6 Å². The van der Waals surface area contributed by atoms with E-state index in [1.165, 1.54) is 24.3 Å². The van der Waals surface area contributed by atoms with Crippen LogP contribution < -0.4 is 10.0 Å². The van der Waals surface area contributed by atoms with Crippen molar-refractivity contribution in [2.45, 2.75) is 4.90 Å². The number of rotatable bonds is 5. The lowest BCUT2D eigenvalue weighted by atomic mass is 10.2. The van der Waals surface area contributed by atoms with Crippen LogP contribution in [0.3, 0.4) is 0 Å². The van der Waals surface area contributed by atoms with E-state index < -0.39 is 15.8 Å². The fraction of sp³-hybridized carbons (Fsp3) is 0. The second kappa shape index (κ2) is 7.37. The van der Waals surface area contributed by atoms with Crippen molar-refractivity contribution in [2.75, 3.05) is 10.0 Å². The van der Waals surface area contributed by atoms with Gasteiger partial charge in [0.15, 0.2) is 0 Å². The standard InChI is InChI=1S/C19H15FN2O3S/c20-15-6-12-18(13-7-15)26(24,25)22-17-10-8-16(9-11-17)21-19(23)14-4-2-1-3-5-14/h1-13,22H,(H,21,23). The second-order valence-corrected chi connectivity index (χ2v) is 7.14. The van der Waals surface area contributed by atoms with Crippen LogP contribution in [0.15, 0.2) is 83.8 Å². The van der Waals surface area contributed by atoms with Crippen molar-refractivity contribution in [1.82, 2.24) is 0 Å². The molecule has 26 heavy (non-hydrogen) atoms. The lowest BCUT2D eigenvalue weighted by Gasteiger charge is -2.10. The van der Waals surface area contributed by atoms with Gasteiger partial charge in [0, 0.05) is 16.9 Å². The van der Waals surface area contributed by atoms with Gasteiger partial charge in [0.05, 0.1) is 4.90 Å². The Hall–Kier alpha value is -3.19. The number of amides is 1. The molecule has 3 aromatic rings. The van der Waals surface area contributed by atoms with Crippen molar-refractivity contribution < 1.29 is 17.6 Å². The molecule has 7 heteroatoms. The average Bonchev–Trinajstić information content (AvgIpc) is 2.64. The summed E-state index contributed by atoms with van der Waals surface area (Å²) in [7, 11) is -3.81. The topological polar surface area (TPSA) is 75.3 Å². The minimum Gasteiger partial charge on any atom is -0.322 e. The molecule has 0 aliphatic rings. The molecule has 0 heterocycles. The number of hydrogen-bond acceptors (Lipinski definition) is 3. The molecular formula is C19H15FN2O3S. The Labute approximate surface area is 150 Å². The van der Waals surface area contributed by atoms with Crippen molar-refractivity contribution in [3.63, 3.8) is 0 Å². The van der Waals surface area contributed by atoms with Gasteiger partial charge in [-0.2, -0.15) is 0 Å². The Kier molecular flexibility index (Phi) is 4.99. The summed E-state index contributed by atoms with van der Waals surface area (Å²) in [5.41, 5.74) is 1.38. The summed E-state index contributed by atoms with van der Waals surface area (Å²) in [5, 5.41) is 2.73. The molecule has 0 bridgehead atoms. The third kappa shape index (κ3) is 4.25. The van der Waals surface area contributed by atoms with E-state index >= 15 is 0 Å². The lowest BCUT2D eigenvalue weighted by Crippen LogP contribution is -2.13. The zero-order chi connectivity index (χ0) is 18.6. The summed E-state index contributed by atoms with van der Waals surface area (Å²) in [6.45, 7) is 0. The van der Waals surface area contributed by atoms with Crippen molar-refractivity contribution in [1.29, 1.82) is 0 Å². The zero-order valence-corrected chi connectivity index (χ0v) is 14.3. The molecule has 0 atom stereocenters. The summed E-state index contributed by atoms with van der Waals surface area (Å²) in [5.74, 6) is -0.771. The van der Waals surface area contributed by atoms with Gasteiger partial charge in [-0.1, -0.05) is 18.2 Å². The Balaban J connectivity index is 1.69. The van der Waals surface area contributed by atoms with E-state index in [0.717, 1.165) is 12.1 Å². The Morgan fingerprint density at radius 3 is 1.96 bits per heavy atom. The maximum Gasteiger partial charge on any atom is 0.261 e. The SMILES string of the molecule is O=C(Nc1ccc(NS(=O)(=O)c2ccc(F)cc2)cc1)c1ccccc1. The van der Waals surface area contributed by atoms with Crippen LogP contribution in [-0.2, 0) is 10.0 Å². The summed E-state index contributed by atoms with van der Waals surface area (Å²) in [6.07, 6.45) is 0. The summed E-state index contributed by atoms with van der Waals surface area (Å²) in [6, 6.07) is 19.5. The van der Waals surface area contributed by atoms with Crippen molar-refractivity contribution in [2.24, 2.45) is 0 Å². The highest BCUT2D eigenvalue weighted by Gasteiger charge is 2.14. The Morgan fingerprint density at radius 1 is 0.769 bits per heavy atom. The number of anilines is 2. The molecule has 0 saturated carbocycles. The van der Waals surface area contributed by atoms with E-state index in [2.05, 4.69) is 10.0 Å². The highest BCUT2D eigenvalue weighted by atomic mass is 32.2. The highest BCUT2D eigenvalue weighted by Crippen LogP contribution is 2.19. The molecule has 0 unspecified atom stereocenters. The second-order valence-electron chi connectivity index (χ2n) is 5.46. The number of nitrogens with one attached hydrogen (secondary N) is 2. The van der Waals surface area contributed by atoms with E-state index in [1.807, 2.05) is 6.07 Å². The largest absolute Gasteiger partial charge is 0.322 e. The number of benzene rings is 3. The lowest BCUT2D eigenvalue weighted by molar-refractivity contribution is 0.102. The molecule has 0 saturated heterocycles. The smallest absolute Gasteiger partial charge is 0.261 e. The fourth-order valence-electron chi connectivity index (χ4n) is 2.24. The molecule has 0 spiro atoms. The highest BCUT2D eigenvalue weighted by molar-refractivity contribution is 7.92. The number of carbonyl (C=O) groups excluding carboxylic acids is 1. The molecule has 0 fully saturated rings. The van der Waals surface area contributed by atoms with Gasteiger partial charge in [-0.05, 0) is 60.7 Å². The third-order valence-electron chi connectivity index (χ3n) is 3.55. The normalized spacial score (nSPS) is 11.0. The van der Waals surface area contributed by atoms with Crippen LogP contribution in [0, 0.1) is 5.82 Å². The Bertz CT molecular complexity index is 1000. The van der Waals surface area contributed by atoms with E-state index in [-0.39, 0.29) is 10.8 Å². The van der Waals surface area contributed by atoms with Gasteiger partial charge in [-0.3, -0.25) is 9.52 Å². The van der Waals surface area contributed by atoms with Gasteiger partial charge in [-0.15, -0.1) is 0 Å². The summed E-state index contributed by atoms with van der Waals surface area (Å²) < 4.78 is 39.8. The number of halogens is 1. The summed E-state index contributed by atoms with van der Waals surface area (Å²) in [4.78, 5) is 12.0. The first kappa shape index (κ1) is 17.6. The number of hydrogen-bond donors (Lipinski definition) is 2. The first-order valence-electron chi connectivity index (χ1n) is 7.69. The quantitative estimate of drug-likeness (QED) is 0.716. The predicted molar refractivity (Wildman–Crippen MR) is 98.0 cm³/mol. The van der Waals surface area contributed by atoms with Crippen LogP contribution in [0.4, 0.5) is 15.8 Å². The number of sulfonamides is 1. The molecule has 5 nitrogen and oxygen atoms in total. The fourth-order valence-corrected chi connectivity index (χ4v) is 3.30. The van der Waals surface area contributed by atoms with Crippen LogP contribution in [0.5, 0.6) is 0 Å². The van der Waals surface area contributed by atoms with E-state index in [1.54, 1.807) is 36.4 Å². The maximum absolute atomic E-state index is 12.9. The number of carbonyl (C=O) groups is 1. The van der Waals surface area contributed by atoms with Gasteiger partial charge in [-0.25, -0.2) is 12.8 Å².